The molecule has 2 fully saturated rings. The minimum Gasteiger partial charge on any atom is -0.396 e. The van der Waals surface area contributed by atoms with E-state index >= 15 is 0 Å². The number of aliphatic hydroxyl groups excluding tert-OH is 1. The van der Waals surface area contributed by atoms with E-state index in [4.69, 9.17) is 0 Å². The van der Waals surface area contributed by atoms with E-state index in [2.05, 4.69) is 19.2 Å². The Morgan fingerprint density at radius 3 is 2.43 bits per heavy atom. The molecule has 1 saturated heterocycles. The van der Waals surface area contributed by atoms with Gasteiger partial charge in [0.15, 0.2) is 0 Å². The number of nitrogens with one attached hydrogen (secondary N) is 1. The summed E-state index contributed by atoms with van der Waals surface area (Å²) in [4.78, 5) is 26.7. The average Bonchev–Trinajstić information content (AvgIpc) is 2.49. The molecule has 2 N–H and O–H groups in total. The van der Waals surface area contributed by atoms with Crippen LogP contribution >= 0.6 is 0 Å². The van der Waals surface area contributed by atoms with Crippen molar-refractivity contribution in [1.82, 2.24) is 10.2 Å². The third kappa shape index (κ3) is 5.34. The van der Waals surface area contributed by atoms with E-state index in [1.165, 1.54) is 5.57 Å². The molecule has 0 aromatic rings. The summed E-state index contributed by atoms with van der Waals surface area (Å²) in [5.41, 5.74) is 1.18. The van der Waals surface area contributed by atoms with Crippen molar-refractivity contribution < 1.29 is 14.7 Å². The largest absolute Gasteiger partial charge is 0.396 e. The number of piperidine rings is 1. The van der Waals surface area contributed by atoms with E-state index < -0.39 is 6.04 Å². The minimum atomic E-state index is -0.440. The summed E-state index contributed by atoms with van der Waals surface area (Å²) in [5.74, 6) is 0.538. The Balaban J connectivity index is 1.93. The Labute approximate surface area is 139 Å². The summed E-state index contributed by atoms with van der Waals surface area (Å²) in [5, 5.41) is 12.1. The molecule has 2 amide bonds. The Morgan fingerprint density at radius 2 is 1.96 bits per heavy atom. The number of carbonyl (C=O) groups is 2. The normalized spacial score (nSPS) is 20.2. The molecule has 0 spiro atoms. The zero-order chi connectivity index (χ0) is 16.8. The van der Waals surface area contributed by atoms with Crippen LogP contribution in [-0.2, 0) is 9.59 Å². The lowest BCUT2D eigenvalue weighted by Gasteiger charge is -2.34. The molecular weight excluding hydrogens is 292 g/mol. The summed E-state index contributed by atoms with van der Waals surface area (Å²) >= 11 is 0. The van der Waals surface area contributed by atoms with Gasteiger partial charge in [-0.3, -0.25) is 9.59 Å². The Morgan fingerprint density at radius 1 is 1.30 bits per heavy atom. The molecule has 2 aliphatic rings. The van der Waals surface area contributed by atoms with Gasteiger partial charge < -0.3 is 15.3 Å². The monoisotopic (exact) mass is 322 g/mol. The summed E-state index contributed by atoms with van der Waals surface area (Å²) in [6.07, 6.45) is 7.18. The SMILES string of the molecule is CC(C)CC(NC(=O)C=C1CCC1)C(=O)N1CCC(CO)CC1. The predicted molar refractivity (Wildman–Crippen MR) is 89.7 cm³/mol. The van der Waals surface area contributed by atoms with Crippen molar-refractivity contribution in [2.24, 2.45) is 11.8 Å². The summed E-state index contributed by atoms with van der Waals surface area (Å²) in [7, 11) is 0. The highest BCUT2D eigenvalue weighted by Crippen LogP contribution is 2.25. The summed E-state index contributed by atoms with van der Waals surface area (Å²) < 4.78 is 0. The van der Waals surface area contributed by atoms with Crippen LogP contribution in [-0.4, -0.2) is 47.6 Å². The predicted octanol–water partition coefficient (Wildman–Crippen LogP) is 1.86. The van der Waals surface area contributed by atoms with Crippen molar-refractivity contribution in [2.45, 2.75) is 58.4 Å². The standard InChI is InChI=1S/C18H30N2O3/c1-13(2)10-16(19-17(22)11-14-4-3-5-14)18(23)20-8-6-15(12-21)7-9-20/h11,13,15-16,21H,3-10,12H2,1-2H3,(H,19,22). The second-order valence-corrected chi connectivity index (χ2v) is 7.30. The lowest BCUT2D eigenvalue weighted by molar-refractivity contribution is -0.137. The molecule has 0 aromatic carbocycles. The second-order valence-electron chi connectivity index (χ2n) is 7.30. The second kappa shape index (κ2) is 8.48. The molecule has 5 nitrogen and oxygen atoms in total. The lowest BCUT2D eigenvalue weighted by atomic mass is 9.92. The lowest BCUT2D eigenvalue weighted by Crippen LogP contribution is -2.51. The van der Waals surface area contributed by atoms with Crippen molar-refractivity contribution in [3.63, 3.8) is 0 Å². The van der Waals surface area contributed by atoms with Crippen LogP contribution in [0, 0.1) is 11.8 Å². The maximum absolute atomic E-state index is 12.8. The molecule has 0 radical (unpaired) electrons. The molecule has 23 heavy (non-hydrogen) atoms. The van der Waals surface area contributed by atoms with Crippen molar-refractivity contribution in [1.29, 1.82) is 0 Å². The zero-order valence-electron chi connectivity index (χ0n) is 14.4. The topological polar surface area (TPSA) is 69.6 Å². The highest BCUT2D eigenvalue weighted by atomic mass is 16.3. The molecule has 0 bridgehead atoms. The first-order chi connectivity index (χ1) is 11.0. The number of aliphatic hydroxyl groups is 1. The molecule has 1 unspecified atom stereocenters. The molecule has 2 rings (SSSR count). The molecule has 1 heterocycles. The van der Waals surface area contributed by atoms with Crippen LogP contribution in [0.1, 0.15) is 52.4 Å². The van der Waals surface area contributed by atoms with Gasteiger partial charge in [-0.25, -0.2) is 0 Å². The first-order valence-corrected chi connectivity index (χ1v) is 8.89. The van der Waals surface area contributed by atoms with Crippen molar-refractivity contribution in [3.05, 3.63) is 11.6 Å². The molecule has 1 saturated carbocycles. The number of allylic oxidation sites excluding steroid dienone is 1. The highest BCUT2D eigenvalue weighted by molar-refractivity contribution is 5.93. The van der Waals surface area contributed by atoms with Crippen LogP contribution in [0.4, 0.5) is 0 Å². The average molecular weight is 322 g/mol. The van der Waals surface area contributed by atoms with Crippen LogP contribution in [0.25, 0.3) is 0 Å². The minimum absolute atomic E-state index is 0.0236. The smallest absolute Gasteiger partial charge is 0.245 e. The van der Waals surface area contributed by atoms with Gasteiger partial charge in [-0.1, -0.05) is 19.4 Å². The van der Waals surface area contributed by atoms with Gasteiger partial charge in [0, 0.05) is 25.8 Å². The maximum atomic E-state index is 12.8. The third-order valence-corrected chi connectivity index (χ3v) is 4.84. The van der Waals surface area contributed by atoms with Gasteiger partial charge in [0.1, 0.15) is 6.04 Å². The number of carbonyl (C=O) groups excluding carboxylic acids is 2. The van der Waals surface area contributed by atoms with E-state index in [0.29, 0.717) is 31.3 Å². The third-order valence-electron chi connectivity index (χ3n) is 4.84. The van der Waals surface area contributed by atoms with E-state index in [9.17, 15) is 14.7 Å². The van der Waals surface area contributed by atoms with Crippen LogP contribution in [0.2, 0.25) is 0 Å². The van der Waals surface area contributed by atoms with Crippen LogP contribution in [0.15, 0.2) is 11.6 Å². The number of likely N-dealkylation sites (tertiary alicyclic amines) is 1. The number of hydrogen-bond acceptors (Lipinski definition) is 3. The van der Waals surface area contributed by atoms with Crippen molar-refractivity contribution >= 4 is 11.8 Å². The zero-order valence-corrected chi connectivity index (χ0v) is 14.4. The van der Waals surface area contributed by atoms with Crippen molar-refractivity contribution in [3.8, 4) is 0 Å². The Bertz CT molecular complexity index is 445. The van der Waals surface area contributed by atoms with E-state index in [0.717, 1.165) is 32.1 Å². The Hall–Kier alpha value is -1.36. The van der Waals surface area contributed by atoms with Gasteiger partial charge in [-0.05, 0) is 50.4 Å². The van der Waals surface area contributed by atoms with Crippen molar-refractivity contribution in [2.75, 3.05) is 19.7 Å². The van der Waals surface area contributed by atoms with Gasteiger partial charge in [-0.15, -0.1) is 0 Å². The van der Waals surface area contributed by atoms with E-state index in [1.807, 2.05) is 4.90 Å². The van der Waals surface area contributed by atoms with Gasteiger partial charge in [0.2, 0.25) is 11.8 Å². The molecule has 1 aliphatic heterocycles. The van der Waals surface area contributed by atoms with E-state index in [1.54, 1.807) is 6.08 Å². The molecule has 0 aromatic heterocycles. The van der Waals surface area contributed by atoms with Gasteiger partial charge in [0.25, 0.3) is 0 Å². The quantitative estimate of drug-likeness (QED) is 0.733. The summed E-state index contributed by atoms with van der Waals surface area (Å²) in [6.45, 7) is 5.68. The van der Waals surface area contributed by atoms with Gasteiger partial charge in [0.05, 0.1) is 0 Å². The van der Waals surface area contributed by atoms with Crippen LogP contribution < -0.4 is 5.32 Å². The molecule has 130 valence electrons. The highest BCUT2D eigenvalue weighted by Gasteiger charge is 2.29. The molecule has 5 heteroatoms. The summed E-state index contributed by atoms with van der Waals surface area (Å²) in [6, 6.07) is -0.440. The van der Waals surface area contributed by atoms with Gasteiger partial charge in [-0.2, -0.15) is 0 Å². The fourth-order valence-electron chi connectivity index (χ4n) is 3.17. The molecule has 1 atom stereocenters. The fraction of sp³-hybridized carbons (Fsp3) is 0.778. The maximum Gasteiger partial charge on any atom is 0.245 e. The molecular formula is C18H30N2O3. The van der Waals surface area contributed by atoms with Gasteiger partial charge >= 0.3 is 0 Å². The first kappa shape index (κ1) is 18.0. The number of amides is 2. The number of hydrogen-bond donors (Lipinski definition) is 2. The first-order valence-electron chi connectivity index (χ1n) is 8.89. The Kier molecular flexibility index (Phi) is 6.63. The van der Waals surface area contributed by atoms with Crippen LogP contribution in [0.5, 0.6) is 0 Å². The fourth-order valence-corrected chi connectivity index (χ4v) is 3.17. The number of rotatable bonds is 6. The van der Waals surface area contributed by atoms with E-state index in [-0.39, 0.29) is 18.4 Å². The number of nitrogens with zero attached hydrogens (tertiary/aromatic N) is 1. The van der Waals surface area contributed by atoms with Crippen LogP contribution in [0.3, 0.4) is 0 Å². The molecule has 1 aliphatic carbocycles.